The number of benzene rings is 2. The smallest absolute Gasteiger partial charge is 0.253 e. The summed E-state index contributed by atoms with van der Waals surface area (Å²) in [5.41, 5.74) is 1.87. The molecule has 1 unspecified atom stereocenters. The molecule has 2 amide bonds. The summed E-state index contributed by atoms with van der Waals surface area (Å²) in [4.78, 5) is 34.2. The van der Waals surface area contributed by atoms with Crippen LogP contribution in [-0.2, 0) is 4.79 Å². The summed E-state index contributed by atoms with van der Waals surface area (Å²) in [7, 11) is 0. The van der Waals surface area contributed by atoms with Crippen molar-refractivity contribution in [2.75, 3.05) is 5.32 Å². The van der Waals surface area contributed by atoms with Crippen molar-refractivity contribution in [1.82, 2.24) is 15.3 Å². The van der Waals surface area contributed by atoms with Gasteiger partial charge < -0.3 is 15.4 Å². The van der Waals surface area contributed by atoms with E-state index in [2.05, 4.69) is 20.6 Å². The number of carbonyl (C=O) groups excluding carboxylic acids is 2. The van der Waals surface area contributed by atoms with Crippen molar-refractivity contribution >= 4 is 17.6 Å². The van der Waals surface area contributed by atoms with E-state index in [-0.39, 0.29) is 23.5 Å². The van der Waals surface area contributed by atoms with Crippen molar-refractivity contribution < 1.29 is 18.7 Å². The molecule has 2 heterocycles. The second-order valence-electron chi connectivity index (χ2n) is 8.87. The predicted octanol–water partition coefficient (Wildman–Crippen LogP) is 5.86. The molecule has 0 saturated heterocycles. The molecule has 2 N–H and O–H groups in total. The van der Waals surface area contributed by atoms with Crippen molar-refractivity contribution in [1.29, 1.82) is 0 Å². The summed E-state index contributed by atoms with van der Waals surface area (Å²) >= 11 is 0. The van der Waals surface area contributed by atoms with Gasteiger partial charge in [0, 0.05) is 18.0 Å². The summed E-state index contributed by atoms with van der Waals surface area (Å²) in [6.07, 6.45) is 3.51. The van der Waals surface area contributed by atoms with Crippen molar-refractivity contribution in [3.63, 3.8) is 0 Å². The maximum absolute atomic E-state index is 13.1. The number of carbonyl (C=O) groups is 2. The van der Waals surface area contributed by atoms with Crippen LogP contribution in [0.25, 0.3) is 11.3 Å². The summed E-state index contributed by atoms with van der Waals surface area (Å²) < 4.78 is 18.8. The monoisotopic (exact) mass is 498 g/mol. The Hall–Kier alpha value is -4.59. The molecule has 0 fully saturated rings. The number of halogens is 1. The van der Waals surface area contributed by atoms with Crippen LogP contribution in [0.1, 0.15) is 30.6 Å². The fourth-order valence-corrected chi connectivity index (χ4v) is 3.65. The number of aromatic nitrogens is 2. The third kappa shape index (κ3) is 7.20. The van der Waals surface area contributed by atoms with Gasteiger partial charge in [0.25, 0.3) is 5.91 Å². The van der Waals surface area contributed by atoms with E-state index in [1.807, 2.05) is 32.0 Å². The lowest BCUT2D eigenvalue weighted by atomic mass is 10.0. The first-order valence-corrected chi connectivity index (χ1v) is 11.9. The number of hydrogen-bond donors (Lipinski definition) is 2. The Balaban J connectivity index is 1.44. The zero-order chi connectivity index (χ0) is 26.2. The summed E-state index contributed by atoms with van der Waals surface area (Å²) in [5.74, 6) is 0.645. The average Bonchev–Trinajstić information content (AvgIpc) is 2.90. The van der Waals surface area contributed by atoms with E-state index in [1.165, 1.54) is 18.3 Å². The number of nitrogens with zero attached hydrogens (tertiary/aromatic N) is 2. The molecule has 37 heavy (non-hydrogen) atoms. The van der Waals surface area contributed by atoms with Gasteiger partial charge in [0.1, 0.15) is 29.2 Å². The quantitative estimate of drug-likeness (QED) is 0.302. The maximum atomic E-state index is 13.1. The molecule has 0 spiro atoms. The van der Waals surface area contributed by atoms with E-state index in [1.54, 1.807) is 54.7 Å². The van der Waals surface area contributed by atoms with Gasteiger partial charge in [0.05, 0.1) is 11.3 Å². The Bertz CT molecular complexity index is 1340. The van der Waals surface area contributed by atoms with Gasteiger partial charge in [0.15, 0.2) is 0 Å². The maximum Gasteiger partial charge on any atom is 0.253 e. The minimum atomic E-state index is -0.735. The fraction of sp³-hybridized carbons (Fsp3) is 0.172. The highest BCUT2D eigenvalue weighted by atomic mass is 19.1. The highest BCUT2D eigenvalue weighted by Gasteiger charge is 2.23. The fourth-order valence-electron chi connectivity index (χ4n) is 3.65. The zero-order valence-electron chi connectivity index (χ0n) is 20.5. The van der Waals surface area contributed by atoms with Gasteiger partial charge in [-0.3, -0.25) is 14.6 Å². The highest BCUT2D eigenvalue weighted by Crippen LogP contribution is 2.26. The van der Waals surface area contributed by atoms with Crippen LogP contribution in [0, 0.1) is 11.7 Å². The first-order chi connectivity index (χ1) is 17.9. The van der Waals surface area contributed by atoms with Gasteiger partial charge in [-0.05, 0) is 85.1 Å². The highest BCUT2D eigenvalue weighted by molar-refractivity contribution is 6.00. The number of amides is 2. The predicted molar refractivity (Wildman–Crippen MR) is 140 cm³/mol. The lowest BCUT2D eigenvalue weighted by molar-refractivity contribution is -0.118. The molecule has 188 valence electrons. The first-order valence-electron chi connectivity index (χ1n) is 11.9. The van der Waals surface area contributed by atoms with Gasteiger partial charge in [-0.2, -0.15) is 0 Å². The minimum absolute atomic E-state index is 0.180. The molecule has 7 nitrogen and oxygen atoms in total. The molecule has 4 aromatic rings. The molecule has 2 aromatic heterocycles. The van der Waals surface area contributed by atoms with Crippen LogP contribution in [0.2, 0.25) is 0 Å². The molecule has 2 aromatic carbocycles. The number of hydrogen-bond acceptors (Lipinski definition) is 5. The SMILES string of the molecule is CC(C)CC(NC(=O)c1cccnc1)C(=O)Nc1cccc(-c2ccc(Oc3ccc(F)cc3)cc2)n1. The van der Waals surface area contributed by atoms with Gasteiger partial charge in [-0.15, -0.1) is 0 Å². The first kappa shape index (κ1) is 25.5. The van der Waals surface area contributed by atoms with E-state index in [4.69, 9.17) is 4.74 Å². The van der Waals surface area contributed by atoms with E-state index in [0.717, 1.165) is 5.56 Å². The second kappa shape index (κ2) is 11.9. The molecule has 0 aliphatic heterocycles. The van der Waals surface area contributed by atoms with E-state index < -0.39 is 6.04 Å². The Morgan fingerprint density at radius 1 is 0.919 bits per heavy atom. The molecule has 0 bridgehead atoms. The van der Waals surface area contributed by atoms with E-state index >= 15 is 0 Å². The topological polar surface area (TPSA) is 93.2 Å². The van der Waals surface area contributed by atoms with Crippen LogP contribution in [0.3, 0.4) is 0 Å². The number of pyridine rings is 2. The standard InChI is InChI=1S/C29H27FN4O3/c1-19(2)17-26(33-28(35)21-5-4-16-31-18-21)29(36)34-27-7-3-6-25(32-27)20-8-12-23(13-9-20)37-24-14-10-22(30)11-15-24/h3-16,18-19,26H,17H2,1-2H3,(H,33,35)(H,32,34,36). The molecular formula is C29H27FN4O3. The Morgan fingerprint density at radius 3 is 2.27 bits per heavy atom. The van der Waals surface area contributed by atoms with Crippen LogP contribution in [-0.4, -0.2) is 27.8 Å². The molecule has 8 heteroatoms. The largest absolute Gasteiger partial charge is 0.457 e. The van der Waals surface area contributed by atoms with Crippen LogP contribution in [0.15, 0.2) is 91.3 Å². The minimum Gasteiger partial charge on any atom is -0.457 e. The molecule has 1 atom stereocenters. The third-order valence-corrected chi connectivity index (χ3v) is 5.45. The number of anilines is 1. The number of nitrogens with one attached hydrogen (secondary N) is 2. The molecule has 0 radical (unpaired) electrons. The number of rotatable bonds is 9. The molecule has 0 saturated carbocycles. The normalized spacial score (nSPS) is 11.6. The lowest BCUT2D eigenvalue weighted by Gasteiger charge is -2.20. The van der Waals surface area contributed by atoms with E-state index in [0.29, 0.717) is 35.0 Å². The second-order valence-corrected chi connectivity index (χ2v) is 8.87. The van der Waals surface area contributed by atoms with Crippen LogP contribution in [0.4, 0.5) is 10.2 Å². The summed E-state index contributed by atoms with van der Waals surface area (Å²) in [5, 5.41) is 5.63. The van der Waals surface area contributed by atoms with E-state index in [9.17, 15) is 14.0 Å². The molecular weight excluding hydrogens is 471 g/mol. The zero-order valence-corrected chi connectivity index (χ0v) is 20.5. The molecule has 0 aliphatic carbocycles. The van der Waals surface area contributed by atoms with Crippen LogP contribution >= 0.6 is 0 Å². The average molecular weight is 499 g/mol. The van der Waals surface area contributed by atoms with Crippen molar-refractivity contribution in [3.8, 4) is 22.8 Å². The summed E-state index contributed by atoms with van der Waals surface area (Å²) in [6.45, 7) is 3.97. The Morgan fingerprint density at radius 2 is 1.62 bits per heavy atom. The van der Waals surface area contributed by atoms with Crippen molar-refractivity contribution in [2.24, 2.45) is 5.92 Å². The van der Waals surface area contributed by atoms with Gasteiger partial charge in [-0.1, -0.05) is 19.9 Å². The Labute approximate surface area is 214 Å². The molecule has 4 rings (SSSR count). The summed E-state index contributed by atoms with van der Waals surface area (Å²) in [6, 6.07) is 21.0. The number of ether oxygens (including phenoxy) is 1. The Kier molecular flexibility index (Phi) is 8.20. The van der Waals surface area contributed by atoms with Crippen LogP contribution < -0.4 is 15.4 Å². The van der Waals surface area contributed by atoms with Gasteiger partial charge >= 0.3 is 0 Å². The lowest BCUT2D eigenvalue weighted by Crippen LogP contribution is -2.44. The van der Waals surface area contributed by atoms with Gasteiger partial charge in [-0.25, -0.2) is 9.37 Å². The van der Waals surface area contributed by atoms with Crippen molar-refractivity contribution in [2.45, 2.75) is 26.3 Å². The third-order valence-electron chi connectivity index (χ3n) is 5.45. The molecule has 0 aliphatic rings. The van der Waals surface area contributed by atoms with Gasteiger partial charge in [0.2, 0.25) is 5.91 Å². The van der Waals surface area contributed by atoms with Crippen LogP contribution in [0.5, 0.6) is 11.5 Å². The van der Waals surface area contributed by atoms with Crippen molar-refractivity contribution in [3.05, 3.63) is 103 Å².